The van der Waals surface area contributed by atoms with Crippen molar-refractivity contribution in [1.29, 1.82) is 0 Å². The van der Waals surface area contributed by atoms with Gasteiger partial charge in [-0.3, -0.25) is 4.79 Å². The fourth-order valence-corrected chi connectivity index (χ4v) is 2.39. The van der Waals surface area contributed by atoms with E-state index < -0.39 is 5.91 Å². The number of amides is 1. The molecule has 0 bridgehead atoms. The molecule has 1 aromatic heterocycles. The second kappa shape index (κ2) is 9.02. The number of guanidine groups is 1. The van der Waals surface area contributed by atoms with Crippen LogP contribution in [0.25, 0.3) is 0 Å². The number of carbonyl (C=O) groups is 1. The molecule has 0 spiro atoms. The van der Waals surface area contributed by atoms with Crippen LogP contribution in [0, 0.1) is 5.92 Å². The maximum Gasteiger partial charge on any atom is 0.284 e. The molecule has 124 valence electrons. The van der Waals surface area contributed by atoms with Gasteiger partial charge in [0.05, 0.1) is 0 Å². The number of hydrogen-bond donors (Lipinski definition) is 2. The molecule has 22 heavy (non-hydrogen) atoms. The molecule has 1 aliphatic heterocycles. The average molecular weight is 420 g/mol. The van der Waals surface area contributed by atoms with Crippen molar-refractivity contribution in [3.63, 3.8) is 0 Å². The lowest BCUT2D eigenvalue weighted by Gasteiger charge is -2.32. The van der Waals surface area contributed by atoms with Gasteiger partial charge >= 0.3 is 0 Å². The van der Waals surface area contributed by atoms with Gasteiger partial charge in [0.15, 0.2) is 11.7 Å². The average Bonchev–Trinajstić information content (AvgIpc) is 2.93. The van der Waals surface area contributed by atoms with E-state index in [9.17, 15) is 4.79 Å². The molecule has 2 rings (SSSR count). The van der Waals surface area contributed by atoms with Crippen LogP contribution in [0.4, 0.5) is 0 Å². The van der Waals surface area contributed by atoms with Crippen molar-refractivity contribution in [2.24, 2.45) is 16.6 Å². The van der Waals surface area contributed by atoms with Crippen molar-refractivity contribution in [3.05, 3.63) is 23.7 Å². The Morgan fingerprint density at radius 3 is 2.68 bits per heavy atom. The Hall–Kier alpha value is -1.25. The largest absolute Gasteiger partial charge is 0.454 e. The molecule has 6 nitrogen and oxygen atoms in total. The van der Waals surface area contributed by atoms with Gasteiger partial charge in [-0.1, -0.05) is 6.92 Å². The lowest BCUT2D eigenvalue weighted by molar-refractivity contribution is 0.0972. The van der Waals surface area contributed by atoms with E-state index in [1.165, 1.54) is 12.8 Å². The molecule has 1 amide bonds. The SMILES string of the molecule is CCNC(=NCc1ccc(C(N)=O)o1)N1CCC(C)CC1.I. The molecule has 3 N–H and O–H groups in total. The van der Waals surface area contributed by atoms with Gasteiger partial charge in [0, 0.05) is 19.6 Å². The molecule has 0 aliphatic carbocycles. The minimum atomic E-state index is -0.554. The molecule has 0 unspecified atom stereocenters. The summed E-state index contributed by atoms with van der Waals surface area (Å²) in [7, 11) is 0. The summed E-state index contributed by atoms with van der Waals surface area (Å²) < 4.78 is 5.35. The van der Waals surface area contributed by atoms with Crippen LogP contribution in [0.5, 0.6) is 0 Å². The van der Waals surface area contributed by atoms with Crippen molar-refractivity contribution >= 4 is 35.8 Å². The van der Waals surface area contributed by atoms with Crippen LogP contribution < -0.4 is 11.1 Å². The van der Waals surface area contributed by atoms with E-state index in [1.54, 1.807) is 12.1 Å². The van der Waals surface area contributed by atoms with Crippen LogP contribution in [0.15, 0.2) is 21.5 Å². The molecule has 1 saturated heterocycles. The number of furan rings is 1. The zero-order valence-electron chi connectivity index (χ0n) is 13.2. The van der Waals surface area contributed by atoms with Crippen molar-refractivity contribution in [1.82, 2.24) is 10.2 Å². The fourth-order valence-electron chi connectivity index (χ4n) is 2.39. The third-order valence-electron chi connectivity index (χ3n) is 3.71. The van der Waals surface area contributed by atoms with Crippen LogP contribution >= 0.6 is 24.0 Å². The molecule has 1 fully saturated rings. The first-order valence-corrected chi connectivity index (χ1v) is 7.52. The van der Waals surface area contributed by atoms with E-state index in [0.717, 1.165) is 31.5 Å². The Balaban J connectivity index is 0.00000242. The smallest absolute Gasteiger partial charge is 0.284 e. The second-order valence-electron chi connectivity index (χ2n) is 5.47. The summed E-state index contributed by atoms with van der Waals surface area (Å²) in [4.78, 5) is 17.9. The van der Waals surface area contributed by atoms with Crippen molar-refractivity contribution < 1.29 is 9.21 Å². The van der Waals surface area contributed by atoms with Crippen LogP contribution in [0.3, 0.4) is 0 Å². The quantitative estimate of drug-likeness (QED) is 0.445. The monoisotopic (exact) mass is 420 g/mol. The third kappa shape index (κ3) is 5.19. The van der Waals surface area contributed by atoms with Gasteiger partial charge in [-0.2, -0.15) is 0 Å². The summed E-state index contributed by atoms with van der Waals surface area (Å²) in [6.07, 6.45) is 2.38. The Kier molecular flexibility index (Phi) is 7.70. The number of nitrogens with zero attached hydrogens (tertiary/aromatic N) is 2. The lowest BCUT2D eigenvalue weighted by atomic mass is 10.00. The molecule has 0 radical (unpaired) electrons. The predicted octanol–water partition coefficient (Wildman–Crippen LogP) is 2.19. The highest BCUT2D eigenvalue weighted by molar-refractivity contribution is 14.0. The van der Waals surface area contributed by atoms with Crippen molar-refractivity contribution in [3.8, 4) is 0 Å². The van der Waals surface area contributed by atoms with Gasteiger partial charge in [-0.15, -0.1) is 24.0 Å². The number of rotatable bonds is 4. The molecular formula is C15H25IN4O2. The summed E-state index contributed by atoms with van der Waals surface area (Å²) in [5, 5.41) is 3.31. The summed E-state index contributed by atoms with van der Waals surface area (Å²) in [5.74, 6) is 1.96. The standard InChI is InChI=1S/C15H24N4O2.HI/c1-3-17-15(19-8-6-11(2)7-9-19)18-10-12-4-5-13(21-12)14(16)20;/h4-5,11H,3,6-10H2,1-2H3,(H2,16,20)(H,17,18);1H. The highest BCUT2D eigenvalue weighted by Gasteiger charge is 2.18. The summed E-state index contributed by atoms with van der Waals surface area (Å²) in [6.45, 7) is 7.63. The number of carbonyl (C=O) groups excluding carboxylic acids is 1. The van der Waals surface area contributed by atoms with Crippen LogP contribution in [-0.4, -0.2) is 36.4 Å². The van der Waals surface area contributed by atoms with E-state index >= 15 is 0 Å². The molecular weight excluding hydrogens is 395 g/mol. The second-order valence-corrected chi connectivity index (χ2v) is 5.47. The molecule has 2 heterocycles. The fraction of sp³-hybridized carbons (Fsp3) is 0.600. The van der Waals surface area contributed by atoms with E-state index in [0.29, 0.717) is 12.3 Å². The Labute approximate surface area is 148 Å². The van der Waals surface area contributed by atoms with E-state index in [4.69, 9.17) is 10.2 Å². The van der Waals surface area contributed by atoms with E-state index in [2.05, 4.69) is 29.1 Å². The molecule has 0 aromatic carbocycles. The normalized spacial score (nSPS) is 16.3. The summed E-state index contributed by atoms with van der Waals surface area (Å²) >= 11 is 0. The number of aliphatic imine (C=N–C) groups is 1. The Morgan fingerprint density at radius 2 is 2.14 bits per heavy atom. The topological polar surface area (TPSA) is 83.9 Å². The van der Waals surface area contributed by atoms with E-state index in [1.807, 2.05) is 0 Å². The van der Waals surface area contributed by atoms with Gasteiger partial charge < -0.3 is 20.4 Å². The molecule has 1 aromatic rings. The summed E-state index contributed by atoms with van der Waals surface area (Å²) in [5.41, 5.74) is 5.17. The van der Waals surface area contributed by atoms with Crippen molar-refractivity contribution in [2.75, 3.05) is 19.6 Å². The zero-order chi connectivity index (χ0) is 15.2. The predicted molar refractivity (Wildman–Crippen MR) is 97.4 cm³/mol. The van der Waals surface area contributed by atoms with Gasteiger partial charge in [0.25, 0.3) is 5.91 Å². The number of nitrogens with one attached hydrogen (secondary N) is 1. The highest BCUT2D eigenvalue weighted by Crippen LogP contribution is 2.16. The maximum atomic E-state index is 11.0. The van der Waals surface area contributed by atoms with Crippen molar-refractivity contribution in [2.45, 2.75) is 33.2 Å². The summed E-state index contributed by atoms with van der Waals surface area (Å²) in [6, 6.07) is 3.33. The van der Waals surface area contributed by atoms with Crippen LogP contribution in [0.2, 0.25) is 0 Å². The van der Waals surface area contributed by atoms with Gasteiger partial charge in [-0.05, 0) is 37.8 Å². The number of halogens is 1. The molecule has 0 saturated carbocycles. The first-order chi connectivity index (χ1) is 10.1. The molecule has 0 atom stereocenters. The minimum Gasteiger partial charge on any atom is -0.454 e. The third-order valence-corrected chi connectivity index (χ3v) is 3.71. The maximum absolute atomic E-state index is 11.0. The first-order valence-electron chi connectivity index (χ1n) is 7.52. The van der Waals surface area contributed by atoms with Gasteiger partial charge in [0.1, 0.15) is 12.3 Å². The zero-order valence-corrected chi connectivity index (χ0v) is 15.5. The number of hydrogen-bond acceptors (Lipinski definition) is 3. The molecule has 1 aliphatic rings. The minimum absolute atomic E-state index is 0. The van der Waals surface area contributed by atoms with Gasteiger partial charge in [-0.25, -0.2) is 4.99 Å². The van der Waals surface area contributed by atoms with Gasteiger partial charge in [0.2, 0.25) is 0 Å². The highest BCUT2D eigenvalue weighted by atomic mass is 127. The Morgan fingerprint density at radius 1 is 1.45 bits per heavy atom. The number of nitrogens with two attached hydrogens (primary N) is 1. The lowest BCUT2D eigenvalue weighted by Crippen LogP contribution is -2.45. The number of piperidine rings is 1. The number of primary amides is 1. The molecule has 7 heteroatoms. The van der Waals surface area contributed by atoms with Crippen LogP contribution in [-0.2, 0) is 6.54 Å². The Bertz CT molecular complexity index is 507. The first kappa shape index (κ1) is 18.8. The number of likely N-dealkylation sites (tertiary alicyclic amines) is 1. The van der Waals surface area contributed by atoms with E-state index in [-0.39, 0.29) is 29.7 Å². The van der Waals surface area contributed by atoms with Crippen LogP contribution in [0.1, 0.15) is 43.0 Å².